The fourth-order valence-corrected chi connectivity index (χ4v) is 1.49. The zero-order valence-electron chi connectivity index (χ0n) is 12.1. The van der Waals surface area contributed by atoms with Gasteiger partial charge in [0.25, 0.3) is 0 Å². The molecule has 104 valence electrons. The molecule has 0 bridgehead atoms. The summed E-state index contributed by atoms with van der Waals surface area (Å²) in [5.41, 5.74) is 2.97. The van der Waals surface area contributed by atoms with Crippen LogP contribution in [0.25, 0.3) is 11.3 Å². The Morgan fingerprint density at radius 2 is 1.85 bits per heavy atom. The number of aromatic nitrogens is 1. The molecular weight excluding hydrogens is 249 g/mol. The van der Waals surface area contributed by atoms with E-state index in [4.69, 9.17) is 5.02 Å². The van der Waals surface area contributed by atoms with Crippen molar-refractivity contribution in [1.82, 2.24) is 10.3 Å². The van der Waals surface area contributed by atoms with Crippen molar-refractivity contribution >= 4 is 13.3 Å². The summed E-state index contributed by atoms with van der Waals surface area (Å²) < 4.78 is 0. The molecule has 0 aliphatic carbocycles. The summed E-state index contributed by atoms with van der Waals surface area (Å²) in [5.74, 6) is 0. The van der Waals surface area contributed by atoms with Crippen LogP contribution in [0.1, 0.15) is 19.4 Å². The van der Waals surface area contributed by atoms with Crippen LogP contribution >= 0.6 is 0 Å². The lowest BCUT2D eigenvalue weighted by Gasteiger charge is -2.01. The largest absolute Gasteiger partial charge is 0.432 e. The molecule has 0 unspecified atom stereocenters. The summed E-state index contributed by atoms with van der Waals surface area (Å²) in [4.78, 5) is 4.28. The van der Waals surface area contributed by atoms with Gasteiger partial charge >= 0.3 is 7.05 Å². The minimum absolute atomic E-state index is 0.644. The Kier molecular flexibility index (Phi) is 7.07. The third-order valence-electron chi connectivity index (χ3n) is 2.35. The summed E-state index contributed by atoms with van der Waals surface area (Å²) in [6.45, 7) is 5.61. The predicted octanol–water partition coefficient (Wildman–Crippen LogP) is 2.81. The normalized spacial score (nSPS) is 9.80. The molecule has 20 heavy (non-hydrogen) atoms. The third kappa shape index (κ3) is 5.24. The predicted molar refractivity (Wildman–Crippen MR) is 85.6 cm³/mol. The molecule has 2 N–H and O–H groups in total. The van der Waals surface area contributed by atoms with E-state index in [9.17, 15) is 0 Å². The Hall–Kier alpha value is -2.14. The molecule has 1 heterocycles. The molecule has 1 aromatic carbocycles. The minimum atomic E-state index is -0.644. The Morgan fingerprint density at radius 3 is 2.40 bits per heavy atom. The lowest BCUT2D eigenvalue weighted by atomic mass is 9.91. The van der Waals surface area contributed by atoms with Gasteiger partial charge in [0.1, 0.15) is 0 Å². The Bertz CT molecular complexity index is 512. The SMILES string of the molecule is CB(O)N/N=C/c1ccc(-c2ccccn2)cc1.CC. The van der Waals surface area contributed by atoms with Gasteiger partial charge in [-0.3, -0.25) is 4.98 Å². The molecule has 0 radical (unpaired) electrons. The number of rotatable bonds is 4. The highest BCUT2D eigenvalue weighted by Crippen LogP contribution is 2.15. The summed E-state index contributed by atoms with van der Waals surface area (Å²) in [5, 5.41) is 15.4. The second kappa shape index (κ2) is 8.88. The van der Waals surface area contributed by atoms with Crippen LogP contribution in [0.5, 0.6) is 0 Å². The van der Waals surface area contributed by atoms with Crippen LogP contribution in [0.2, 0.25) is 6.82 Å². The van der Waals surface area contributed by atoms with Gasteiger partial charge in [-0.05, 0) is 24.5 Å². The third-order valence-corrected chi connectivity index (χ3v) is 2.35. The molecule has 0 saturated heterocycles. The van der Waals surface area contributed by atoms with Crippen LogP contribution in [-0.4, -0.2) is 23.3 Å². The van der Waals surface area contributed by atoms with Crippen LogP contribution in [0.3, 0.4) is 0 Å². The molecular formula is C15H20BN3O. The number of hydrogen-bond donors (Lipinski definition) is 2. The van der Waals surface area contributed by atoms with Gasteiger partial charge in [0, 0.05) is 11.8 Å². The Morgan fingerprint density at radius 1 is 1.15 bits per heavy atom. The lowest BCUT2D eigenvalue weighted by molar-refractivity contribution is 0.559. The molecule has 2 rings (SSSR count). The van der Waals surface area contributed by atoms with E-state index in [-0.39, 0.29) is 0 Å². The topological polar surface area (TPSA) is 57.5 Å². The zero-order valence-corrected chi connectivity index (χ0v) is 12.1. The van der Waals surface area contributed by atoms with Crippen molar-refractivity contribution in [1.29, 1.82) is 0 Å². The quantitative estimate of drug-likeness (QED) is 0.509. The number of hydrogen-bond acceptors (Lipinski definition) is 4. The highest BCUT2D eigenvalue weighted by atomic mass is 16.2. The van der Waals surface area contributed by atoms with Gasteiger partial charge in [0.05, 0.1) is 11.9 Å². The molecule has 0 aliphatic heterocycles. The lowest BCUT2D eigenvalue weighted by Crippen LogP contribution is -2.25. The van der Waals surface area contributed by atoms with Crippen LogP contribution in [-0.2, 0) is 0 Å². The number of pyridine rings is 1. The first-order valence-corrected chi connectivity index (χ1v) is 6.74. The van der Waals surface area contributed by atoms with Crippen molar-refractivity contribution in [3.63, 3.8) is 0 Å². The molecule has 0 aliphatic rings. The van der Waals surface area contributed by atoms with Gasteiger partial charge in [-0.15, -0.1) is 0 Å². The molecule has 1 aromatic heterocycles. The van der Waals surface area contributed by atoms with E-state index in [2.05, 4.69) is 15.4 Å². The molecule has 5 heteroatoms. The summed E-state index contributed by atoms with van der Waals surface area (Å²) in [7, 11) is -0.644. The zero-order chi connectivity index (χ0) is 14.8. The molecule has 2 aromatic rings. The average molecular weight is 269 g/mol. The first kappa shape index (κ1) is 15.9. The van der Waals surface area contributed by atoms with Crippen molar-refractivity contribution in [3.05, 3.63) is 54.2 Å². The van der Waals surface area contributed by atoms with Gasteiger partial charge in [0.2, 0.25) is 0 Å². The molecule has 0 atom stereocenters. The van der Waals surface area contributed by atoms with Crippen molar-refractivity contribution < 1.29 is 5.02 Å². The van der Waals surface area contributed by atoms with Gasteiger partial charge in [0.15, 0.2) is 0 Å². The summed E-state index contributed by atoms with van der Waals surface area (Å²) >= 11 is 0. The van der Waals surface area contributed by atoms with Crippen molar-refractivity contribution in [2.45, 2.75) is 20.7 Å². The molecule has 0 saturated carbocycles. The maximum atomic E-state index is 8.99. The molecule has 0 fully saturated rings. The minimum Gasteiger partial charge on any atom is -0.432 e. The maximum Gasteiger partial charge on any atom is 0.423 e. The van der Waals surface area contributed by atoms with Gasteiger partial charge < -0.3 is 10.4 Å². The highest BCUT2D eigenvalue weighted by molar-refractivity contribution is 6.45. The van der Waals surface area contributed by atoms with E-state index >= 15 is 0 Å². The van der Waals surface area contributed by atoms with Gasteiger partial charge in [-0.2, -0.15) is 5.10 Å². The number of nitrogens with zero attached hydrogens (tertiary/aromatic N) is 2. The fourth-order valence-electron chi connectivity index (χ4n) is 1.49. The van der Waals surface area contributed by atoms with Crippen LogP contribution < -0.4 is 5.34 Å². The first-order valence-electron chi connectivity index (χ1n) is 6.74. The monoisotopic (exact) mass is 269 g/mol. The van der Waals surface area contributed by atoms with E-state index in [0.29, 0.717) is 0 Å². The fraction of sp³-hybridized carbons (Fsp3) is 0.200. The van der Waals surface area contributed by atoms with Crippen LogP contribution in [0.4, 0.5) is 0 Å². The van der Waals surface area contributed by atoms with Gasteiger partial charge in [-0.1, -0.05) is 44.2 Å². The first-order chi connectivity index (χ1) is 9.75. The van der Waals surface area contributed by atoms with Crippen LogP contribution in [0, 0.1) is 0 Å². The molecule has 4 nitrogen and oxygen atoms in total. The van der Waals surface area contributed by atoms with Crippen LogP contribution in [0.15, 0.2) is 53.8 Å². The van der Waals surface area contributed by atoms with Crippen molar-refractivity contribution in [2.75, 3.05) is 0 Å². The van der Waals surface area contributed by atoms with Crippen molar-refractivity contribution in [3.8, 4) is 11.3 Å². The second-order valence-corrected chi connectivity index (χ2v) is 3.90. The summed E-state index contributed by atoms with van der Waals surface area (Å²) in [6.07, 6.45) is 3.44. The van der Waals surface area contributed by atoms with Gasteiger partial charge in [-0.25, -0.2) is 0 Å². The number of nitrogens with one attached hydrogen (secondary N) is 1. The van der Waals surface area contributed by atoms with E-state index in [1.54, 1.807) is 19.2 Å². The molecule has 0 spiro atoms. The number of hydrazone groups is 1. The van der Waals surface area contributed by atoms with E-state index in [1.807, 2.05) is 56.3 Å². The number of benzene rings is 1. The summed E-state index contributed by atoms with van der Waals surface area (Å²) in [6, 6.07) is 13.7. The van der Waals surface area contributed by atoms with Crippen molar-refractivity contribution in [2.24, 2.45) is 5.10 Å². The Labute approximate surface area is 120 Å². The molecule has 0 amide bonds. The highest BCUT2D eigenvalue weighted by Gasteiger charge is 1.98. The van der Waals surface area contributed by atoms with E-state index < -0.39 is 7.05 Å². The average Bonchev–Trinajstić information content (AvgIpc) is 2.50. The standard InChI is InChI=1S/C13H14BN3O.C2H6/c1-14(18)17-16-10-11-5-7-12(8-6-11)13-4-2-3-9-15-13;1-2/h2-10,17-18H,1H3;1-2H3/b16-10+;. The maximum absolute atomic E-state index is 8.99. The van der Waals surface area contributed by atoms with E-state index in [0.717, 1.165) is 16.8 Å². The second-order valence-electron chi connectivity index (χ2n) is 3.90. The Balaban J connectivity index is 0.000000956. The smallest absolute Gasteiger partial charge is 0.423 e. The van der Waals surface area contributed by atoms with E-state index in [1.165, 1.54) is 0 Å².